The maximum absolute atomic E-state index is 12.5. The Kier molecular flexibility index (Phi) is 7.67. The van der Waals surface area contributed by atoms with Crippen LogP contribution in [0.2, 0.25) is 5.02 Å². The highest BCUT2D eigenvalue weighted by molar-refractivity contribution is 6.30. The molecule has 3 N–H and O–H groups in total. The minimum absolute atomic E-state index is 0.00404. The molecule has 0 bridgehead atoms. The van der Waals surface area contributed by atoms with E-state index < -0.39 is 6.10 Å². The molecule has 2 aliphatic rings. The number of aliphatic hydroxyl groups is 1. The summed E-state index contributed by atoms with van der Waals surface area (Å²) in [7, 11) is 0. The fourth-order valence-electron chi connectivity index (χ4n) is 4.68. The highest BCUT2D eigenvalue weighted by atomic mass is 35.5. The maximum Gasteiger partial charge on any atom is 0.255 e. The van der Waals surface area contributed by atoms with Crippen molar-refractivity contribution < 1.29 is 24.5 Å². The zero-order valence-corrected chi connectivity index (χ0v) is 20.5. The van der Waals surface area contributed by atoms with Crippen molar-refractivity contribution in [2.75, 3.05) is 32.8 Å². The van der Waals surface area contributed by atoms with Crippen LogP contribution < -0.4 is 10.1 Å². The molecule has 1 spiro atoms. The molecule has 1 atom stereocenters. The first-order valence-electron chi connectivity index (χ1n) is 11.8. The molecule has 1 fully saturated rings. The van der Waals surface area contributed by atoms with Crippen LogP contribution >= 0.6 is 11.6 Å². The van der Waals surface area contributed by atoms with Crippen LogP contribution in [0.4, 0.5) is 0 Å². The predicted octanol–water partition coefficient (Wildman–Crippen LogP) is 3.69. The van der Waals surface area contributed by atoms with E-state index in [0.717, 1.165) is 36.5 Å². The molecule has 34 heavy (non-hydrogen) atoms. The number of phenols is 1. The molecule has 0 saturated carbocycles. The van der Waals surface area contributed by atoms with Gasteiger partial charge in [0.1, 0.15) is 24.2 Å². The van der Waals surface area contributed by atoms with E-state index in [4.69, 9.17) is 21.1 Å². The third-order valence-corrected chi connectivity index (χ3v) is 6.74. The average molecular weight is 489 g/mol. The summed E-state index contributed by atoms with van der Waals surface area (Å²) in [6.45, 7) is 7.23. The molecule has 2 aromatic rings. The van der Waals surface area contributed by atoms with Crippen LogP contribution in [0.5, 0.6) is 11.5 Å². The molecule has 2 heterocycles. The van der Waals surface area contributed by atoms with E-state index in [9.17, 15) is 15.0 Å². The number of piperidine rings is 1. The number of amides is 1. The van der Waals surface area contributed by atoms with Crippen molar-refractivity contribution in [3.63, 3.8) is 0 Å². The lowest BCUT2D eigenvalue weighted by Crippen LogP contribution is -2.46. The number of carbonyl (C=O) groups is 1. The van der Waals surface area contributed by atoms with E-state index in [0.29, 0.717) is 31.2 Å². The van der Waals surface area contributed by atoms with Gasteiger partial charge in [0.2, 0.25) is 0 Å². The first kappa shape index (κ1) is 24.8. The zero-order chi connectivity index (χ0) is 24.3. The average Bonchev–Trinajstić information content (AvgIpc) is 3.14. The van der Waals surface area contributed by atoms with E-state index >= 15 is 0 Å². The number of fused-ring (bicyclic) bond motifs is 2. The standard InChI is InChI=1S/C26H33ClN2O5/c1-17(2)13-28-25(32)22-5-4-20(30)12-24(22)33-16-21(31)14-29-9-7-26(8-10-29)23-6-3-19(27)11-18(23)15-34-26/h3-6,11-12,17,21,30-31H,7-10,13-16H2,1-2H3,(H,28,32)/t21-/m1/s1. The summed E-state index contributed by atoms with van der Waals surface area (Å²) in [5.41, 5.74) is 2.46. The van der Waals surface area contributed by atoms with Crippen LogP contribution in [0.25, 0.3) is 0 Å². The number of ether oxygens (including phenoxy) is 2. The van der Waals surface area contributed by atoms with E-state index in [1.54, 1.807) is 0 Å². The lowest BCUT2D eigenvalue weighted by Gasteiger charge is -2.39. The monoisotopic (exact) mass is 488 g/mol. The Morgan fingerprint density at radius 3 is 2.74 bits per heavy atom. The van der Waals surface area contributed by atoms with Crippen LogP contribution in [0, 0.1) is 5.92 Å². The molecule has 2 aliphatic heterocycles. The number of halogens is 1. The van der Waals surface area contributed by atoms with Gasteiger partial charge in [-0.2, -0.15) is 0 Å². The Bertz CT molecular complexity index is 1020. The first-order chi connectivity index (χ1) is 16.3. The number of carbonyl (C=O) groups excluding carboxylic acids is 1. The van der Waals surface area contributed by atoms with Gasteiger partial charge in [0.25, 0.3) is 5.91 Å². The zero-order valence-electron chi connectivity index (χ0n) is 19.7. The summed E-state index contributed by atoms with van der Waals surface area (Å²) < 4.78 is 12.0. The van der Waals surface area contributed by atoms with E-state index in [2.05, 4.69) is 16.3 Å². The van der Waals surface area contributed by atoms with Gasteiger partial charge in [-0.1, -0.05) is 31.5 Å². The molecule has 1 saturated heterocycles. The molecule has 0 unspecified atom stereocenters. The molecular weight excluding hydrogens is 456 g/mol. The summed E-state index contributed by atoms with van der Waals surface area (Å²) in [5.74, 6) is 0.311. The van der Waals surface area contributed by atoms with Crippen LogP contribution in [-0.2, 0) is 16.9 Å². The number of nitrogens with zero attached hydrogens (tertiary/aromatic N) is 1. The van der Waals surface area contributed by atoms with E-state index in [1.165, 1.54) is 23.8 Å². The molecular formula is C26H33ClN2O5. The summed E-state index contributed by atoms with van der Waals surface area (Å²) in [6, 6.07) is 10.4. The number of aliphatic hydroxyl groups excluding tert-OH is 1. The fraction of sp³-hybridized carbons (Fsp3) is 0.500. The molecule has 184 valence electrons. The fourth-order valence-corrected chi connectivity index (χ4v) is 4.87. The van der Waals surface area contributed by atoms with E-state index in [-0.39, 0.29) is 29.6 Å². The summed E-state index contributed by atoms with van der Waals surface area (Å²) in [4.78, 5) is 14.7. The maximum atomic E-state index is 12.5. The summed E-state index contributed by atoms with van der Waals surface area (Å²) in [6.07, 6.45) is 0.961. The van der Waals surface area contributed by atoms with Gasteiger partial charge in [0.15, 0.2) is 0 Å². The van der Waals surface area contributed by atoms with Crippen LogP contribution in [-0.4, -0.2) is 59.9 Å². The van der Waals surface area contributed by atoms with Crippen LogP contribution in [0.15, 0.2) is 36.4 Å². The number of phenolic OH excluding ortho intramolecular Hbond substituents is 1. The Labute approximate surface area is 205 Å². The van der Waals surface area contributed by atoms with Gasteiger partial charge in [0.05, 0.1) is 17.8 Å². The number of aromatic hydroxyl groups is 1. The van der Waals surface area contributed by atoms with Crippen molar-refractivity contribution in [2.45, 2.75) is 45.0 Å². The van der Waals surface area contributed by atoms with Crippen LogP contribution in [0.1, 0.15) is 48.2 Å². The van der Waals surface area contributed by atoms with E-state index in [1.807, 2.05) is 26.0 Å². The molecule has 0 aromatic heterocycles. The van der Waals surface area contributed by atoms with Gasteiger partial charge in [-0.25, -0.2) is 0 Å². The third kappa shape index (κ3) is 5.66. The Hall–Kier alpha value is -2.32. The SMILES string of the molecule is CC(C)CNC(=O)c1ccc(O)cc1OC[C@H](O)CN1CCC2(CC1)OCc1cc(Cl)ccc12. The summed E-state index contributed by atoms with van der Waals surface area (Å²) in [5, 5.41) is 24.0. The van der Waals surface area contributed by atoms with Gasteiger partial charge < -0.3 is 29.9 Å². The molecule has 0 radical (unpaired) electrons. The molecule has 4 rings (SSSR count). The van der Waals surface area contributed by atoms with Gasteiger partial charge in [-0.3, -0.25) is 4.79 Å². The van der Waals surface area contributed by atoms with Crippen molar-refractivity contribution in [1.82, 2.24) is 10.2 Å². The molecule has 0 aliphatic carbocycles. The molecule has 2 aromatic carbocycles. The predicted molar refractivity (Wildman–Crippen MR) is 130 cm³/mol. The number of nitrogens with one attached hydrogen (secondary N) is 1. The highest BCUT2D eigenvalue weighted by Gasteiger charge is 2.42. The highest BCUT2D eigenvalue weighted by Crippen LogP contribution is 2.44. The Morgan fingerprint density at radius 1 is 1.24 bits per heavy atom. The molecule has 8 heteroatoms. The van der Waals surface area contributed by atoms with Crippen molar-refractivity contribution in [2.24, 2.45) is 5.92 Å². The number of likely N-dealkylation sites (tertiary alicyclic amines) is 1. The van der Waals surface area contributed by atoms with Gasteiger partial charge >= 0.3 is 0 Å². The van der Waals surface area contributed by atoms with Gasteiger partial charge in [-0.05, 0) is 54.2 Å². The second kappa shape index (κ2) is 10.5. The molecule has 7 nitrogen and oxygen atoms in total. The van der Waals surface area contributed by atoms with Crippen molar-refractivity contribution in [3.05, 3.63) is 58.1 Å². The largest absolute Gasteiger partial charge is 0.508 e. The van der Waals surface area contributed by atoms with Gasteiger partial charge in [0, 0.05) is 37.3 Å². The number of benzene rings is 2. The Balaban J connectivity index is 1.30. The third-order valence-electron chi connectivity index (χ3n) is 6.51. The first-order valence-corrected chi connectivity index (χ1v) is 12.2. The minimum Gasteiger partial charge on any atom is -0.508 e. The number of rotatable bonds is 8. The second-order valence-electron chi connectivity index (χ2n) is 9.63. The normalized spacial score (nSPS) is 18.1. The number of hydrogen-bond acceptors (Lipinski definition) is 6. The summed E-state index contributed by atoms with van der Waals surface area (Å²) >= 11 is 6.13. The Morgan fingerprint density at radius 2 is 2.00 bits per heavy atom. The number of β-amino-alcohol motifs (C(OH)–C–C–N with tert-alkyl or cyclic N) is 1. The lowest BCUT2D eigenvalue weighted by molar-refractivity contribution is -0.0835. The van der Waals surface area contributed by atoms with Crippen molar-refractivity contribution in [3.8, 4) is 11.5 Å². The quantitative estimate of drug-likeness (QED) is 0.525. The lowest BCUT2D eigenvalue weighted by atomic mass is 9.84. The van der Waals surface area contributed by atoms with Gasteiger partial charge in [-0.15, -0.1) is 0 Å². The topological polar surface area (TPSA) is 91.3 Å². The smallest absolute Gasteiger partial charge is 0.255 e. The second-order valence-corrected chi connectivity index (χ2v) is 10.1. The van der Waals surface area contributed by atoms with Crippen molar-refractivity contribution >= 4 is 17.5 Å². The number of hydrogen-bond donors (Lipinski definition) is 3. The van der Waals surface area contributed by atoms with Crippen molar-refractivity contribution in [1.29, 1.82) is 0 Å². The molecule has 1 amide bonds. The van der Waals surface area contributed by atoms with Crippen LogP contribution in [0.3, 0.4) is 0 Å². The minimum atomic E-state index is -0.737.